The number of hydrogen-bond donors (Lipinski definition) is 2. The zero-order valence-electron chi connectivity index (χ0n) is 17.6. The van der Waals surface area contributed by atoms with Crippen LogP contribution in [0.25, 0.3) is 0 Å². The predicted molar refractivity (Wildman–Crippen MR) is 105 cm³/mol. The van der Waals surface area contributed by atoms with E-state index in [1.807, 2.05) is 20.8 Å². The van der Waals surface area contributed by atoms with Gasteiger partial charge in [0, 0.05) is 45.8 Å². The number of ketones is 1. The molecular weight excluding hydrogens is 366 g/mol. The largest absolute Gasteiger partial charge is 0.481 e. The Morgan fingerprint density at radius 2 is 1.32 bits per heavy atom. The molecule has 0 spiro atoms. The average Bonchev–Trinajstić information content (AvgIpc) is 2.58. The first kappa shape index (κ1) is 26.3. The van der Waals surface area contributed by atoms with Crippen LogP contribution in [0.15, 0.2) is 0 Å². The number of nitrogens with one attached hydrogen (secondary N) is 1. The number of carboxylic acid groups (broad SMARTS) is 1. The van der Waals surface area contributed by atoms with Crippen molar-refractivity contribution in [2.24, 2.45) is 0 Å². The number of aliphatic carboxylic acids is 1. The number of carbonyl (C=O) groups excluding carboxylic acids is 2. The maximum absolute atomic E-state index is 11.4. The lowest BCUT2D eigenvalue weighted by molar-refractivity contribution is -0.138. The van der Waals surface area contributed by atoms with E-state index < -0.39 is 17.7 Å². The monoisotopic (exact) mass is 403 g/mol. The normalized spacial score (nSPS) is 11.2. The Morgan fingerprint density at radius 1 is 0.786 bits per heavy atom. The molecule has 8 heteroatoms. The van der Waals surface area contributed by atoms with Gasteiger partial charge in [-0.3, -0.25) is 9.59 Å². The highest BCUT2D eigenvalue weighted by Crippen LogP contribution is 2.06. The minimum atomic E-state index is -0.932. The molecule has 0 saturated carbocycles. The van der Waals surface area contributed by atoms with Crippen LogP contribution in [-0.2, 0) is 23.8 Å². The Morgan fingerprint density at radius 3 is 1.86 bits per heavy atom. The molecular formula is C20H37NO7. The molecule has 0 aromatic heterocycles. The SMILES string of the molecule is CC(C)(C)OC(=O)NCCCOCCCCOCCCCC(=O)CCC(=O)O. The molecule has 0 unspecified atom stereocenters. The summed E-state index contributed by atoms with van der Waals surface area (Å²) in [6.45, 7) is 8.53. The van der Waals surface area contributed by atoms with Crippen LogP contribution in [0.3, 0.4) is 0 Å². The molecule has 0 saturated heterocycles. The number of ether oxygens (including phenoxy) is 3. The molecule has 28 heavy (non-hydrogen) atoms. The van der Waals surface area contributed by atoms with Crippen molar-refractivity contribution in [1.29, 1.82) is 0 Å². The zero-order valence-corrected chi connectivity index (χ0v) is 17.6. The molecule has 0 atom stereocenters. The molecule has 0 radical (unpaired) electrons. The number of unbranched alkanes of at least 4 members (excludes halogenated alkanes) is 2. The minimum absolute atomic E-state index is 0.000781. The van der Waals surface area contributed by atoms with Gasteiger partial charge in [-0.1, -0.05) is 0 Å². The second kappa shape index (κ2) is 16.3. The first-order valence-corrected chi connectivity index (χ1v) is 10.1. The molecule has 1 amide bonds. The van der Waals surface area contributed by atoms with Crippen LogP contribution < -0.4 is 5.32 Å². The van der Waals surface area contributed by atoms with Crippen LogP contribution in [0.5, 0.6) is 0 Å². The van der Waals surface area contributed by atoms with Crippen molar-refractivity contribution in [3.8, 4) is 0 Å². The topological polar surface area (TPSA) is 111 Å². The molecule has 0 aromatic carbocycles. The number of carboxylic acids is 1. The Hall–Kier alpha value is -1.67. The van der Waals surface area contributed by atoms with E-state index >= 15 is 0 Å². The molecule has 0 fully saturated rings. The third-order valence-electron chi connectivity index (χ3n) is 3.57. The van der Waals surface area contributed by atoms with Crippen molar-refractivity contribution in [2.75, 3.05) is 33.0 Å². The summed E-state index contributed by atoms with van der Waals surface area (Å²) in [5, 5.41) is 11.2. The second-order valence-corrected chi connectivity index (χ2v) is 7.60. The van der Waals surface area contributed by atoms with Crippen molar-refractivity contribution in [3.63, 3.8) is 0 Å². The fourth-order valence-electron chi connectivity index (χ4n) is 2.19. The van der Waals surface area contributed by atoms with Crippen molar-refractivity contribution in [3.05, 3.63) is 0 Å². The van der Waals surface area contributed by atoms with Gasteiger partial charge in [-0.05, 0) is 52.9 Å². The van der Waals surface area contributed by atoms with Gasteiger partial charge in [0.25, 0.3) is 0 Å². The molecule has 0 rings (SSSR count). The van der Waals surface area contributed by atoms with E-state index in [1.165, 1.54) is 0 Å². The van der Waals surface area contributed by atoms with Gasteiger partial charge in [0.15, 0.2) is 0 Å². The van der Waals surface area contributed by atoms with Crippen LogP contribution in [-0.4, -0.2) is 61.5 Å². The van der Waals surface area contributed by atoms with Crippen LogP contribution >= 0.6 is 0 Å². The summed E-state index contributed by atoms with van der Waals surface area (Å²) < 4.78 is 16.1. The summed E-state index contributed by atoms with van der Waals surface area (Å²) in [5.74, 6) is -0.932. The third kappa shape index (κ3) is 20.6. The fraction of sp³-hybridized carbons (Fsp3) is 0.850. The van der Waals surface area contributed by atoms with Crippen molar-refractivity contribution < 1.29 is 33.7 Å². The van der Waals surface area contributed by atoms with Gasteiger partial charge in [-0.2, -0.15) is 0 Å². The van der Waals surface area contributed by atoms with Crippen molar-refractivity contribution >= 4 is 17.8 Å². The van der Waals surface area contributed by atoms with Gasteiger partial charge >= 0.3 is 12.1 Å². The highest BCUT2D eigenvalue weighted by molar-refractivity contribution is 5.82. The first-order valence-electron chi connectivity index (χ1n) is 10.1. The summed E-state index contributed by atoms with van der Waals surface area (Å²) in [7, 11) is 0. The quantitative estimate of drug-likeness (QED) is 0.358. The van der Waals surface area contributed by atoms with Crippen LogP contribution in [0, 0.1) is 0 Å². The van der Waals surface area contributed by atoms with E-state index in [9.17, 15) is 14.4 Å². The van der Waals surface area contributed by atoms with Gasteiger partial charge < -0.3 is 24.6 Å². The summed E-state index contributed by atoms with van der Waals surface area (Å²) in [6.07, 6.45) is 4.15. The molecule has 0 aromatic rings. The molecule has 164 valence electrons. The summed E-state index contributed by atoms with van der Waals surface area (Å²) >= 11 is 0. The summed E-state index contributed by atoms with van der Waals surface area (Å²) in [4.78, 5) is 33.2. The number of alkyl carbamates (subject to hydrolysis) is 1. The van der Waals surface area contributed by atoms with E-state index in [1.54, 1.807) is 0 Å². The minimum Gasteiger partial charge on any atom is -0.481 e. The van der Waals surface area contributed by atoms with Crippen molar-refractivity contribution in [1.82, 2.24) is 5.32 Å². The smallest absolute Gasteiger partial charge is 0.407 e. The fourth-order valence-corrected chi connectivity index (χ4v) is 2.19. The molecule has 2 N–H and O–H groups in total. The maximum Gasteiger partial charge on any atom is 0.407 e. The number of carbonyl (C=O) groups is 3. The molecule has 0 heterocycles. The third-order valence-corrected chi connectivity index (χ3v) is 3.57. The summed E-state index contributed by atoms with van der Waals surface area (Å²) in [6, 6.07) is 0. The van der Waals surface area contributed by atoms with E-state index in [0.717, 1.165) is 32.1 Å². The lowest BCUT2D eigenvalue weighted by atomic mass is 10.1. The van der Waals surface area contributed by atoms with E-state index in [4.69, 9.17) is 19.3 Å². The number of Topliss-reactive ketones (excluding diaryl/α,β-unsaturated/α-hetero) is 1. The highest BCUT2D eigenvalue weighted by atomic mass is 16.6. The lowest BCUT2D eigenvalue weighted by Crippen LogP contribution is -2.33. The van der Waals surface area contributed by atoms with Crippen LogP contribution in [0.2, 0.25) is 0 Å². The van der Waals surface area contributed by atoms with E-state index in [-0.39, 0.29) is 18.6 Å². The standard InChI is InChI=1S/C20H37NO7/c1-20(2,3)28-19(25)21-12-8-16-27-15-7-6-14-26-13-5-4-9-17(22)10-11-18(23)24/h4-16H2,1-3H3,(H,21,25)(H,23,24). The Kier molecular flexibility index (Phi) is 15.3. The molecule has 0 bridgehead atoms. The van der Waals surface area contributed by atoms with Crippen LogP contribution in [0.4, 0.5) is 4.79 Å². The van der Waals surface area contributed by atoms with Crippen LogP contribution in [0.1, 0.15) is 72.1 Å². The number of hydrogen-bond acceptors (Lipinski definition) is 6. The second-order valence-electron chi connectivity index (χ2n) is 7.60. The molecule has 8 nitrogen and oxygen atoms in total. The average molecular weight is 404 g/mol. The van der Waals surface area contributed by atoms with E-state index in [0.29, 0.717) is 39.4 Å². The summed E-state index contributed by atoms with van der Waals surface area (Å²) in [5.41, 5.74) is -0.484. The maximum atomic E-state index is 11.4. The lowest BCUT2D eigenvalue weighted by Gasteiger charge is -2.19. The molecule has 0 aliphatic carbocycles. The Labute approximate surface area is 168 Å². The Bertz CT molecular complexity index is 446. The zero-order chi connectivity index (χ0) is 21.3. The van der Waals surface area contributed by atoms with Crippen molar-refractivity contribution in [2.45, 2.75) is 77.7 Å². The van der Waals surface area contributed by atoms with E-state index in [2.05, 4.69) is 5.32 Å². The van der Waals surface area contributed by atoms with Gasteiger partial charge in [-0.15, -0.1) is 0 Å². The highest BCUT2D eigenvalue weighted by Gasteiger charge is 2.15. The number of amides is 1. The van der Waals surface area contributed by atoms with Gasteiger partial charge in [0.05, 0.1) is 6.42 Å². The molecule has 0 aliphatic rings. The predicted octanol–water partition coefficient (Wildman–Crippen LogP) is 3.32. The van der Waals surface area contributed by atoms with Gasteiger partial charge in [0.2, 0.25) is 0 Å². The first-order chi connectivity index (χ1) is 13.2. The molecule has 0 aliphatic heterocycles. The van der Waals surface area contributed by atoms with Gasteiger partial charge in [-0.25, -0.2) is 4.79 Å². The Balaban J connectivity index is 3.25. The number of rotatable bonds is 17. The van der Waals surface area contributed by atoms with Gasteiger partial charge in [0.1, 0.15) is 11.4 Å².